The van der Waals surface area contributed by atoms with Crippen LogP contribution in [0.25, 0.3) is 0 Å². The zero-order chi connectivity index (χ0) is 48.0. The van der Waals surface area contributed by atoms with Crippen molar-refractivity contribution in [3.8, 4) is 0 Å². The molecule has 5 saturated carbocycles. The van der Waals surface area contributed by atoms with Crippen molar-refractivity contribution in [2.24, 2.45) is 34.0 Å². The molecule has 8 fully saturated rings. The second kappa shape index (κ2) is 18.9. The molecule has 0 aromatic carbocycles. The highest BCUT2D eigenvalue weighted by Crippen LogP contribution is 2.74. The number of hydrogen-bond acceptors (Lipinski definition) is 21. The Hall–Kier alpha value is -1.55. The second-order valence-corrected chi connectivity index (χ2v) is 21.3. The number of fused-ring (bicyclic) bond motifs is 3. The number of carbonyl (C=O) groups is 1. The highest BCUT2D eigenvalue weighted by Gasteiger charge is 2.69. The van der Waals surface area contributed by atoms with E-state index in [1.807, 2.05) is 6.92 Å². The Kier molecular flexibility index (Phi) is 14.5. The van der Waals surface area contributed by atoms with Crippen molar-refractivity contribution >= 4 is 5.97 Å². The van der Waals surface area contributed by atoms with Crippen LogP contribution in [0.15, 0.2) is 12.2 Å². The van der Waals surface area contributed by atoms with Crippen LogP contribution in [0.3, 0.4) is 0 Å². The molecule has 0 amide bonds. The monoisotopic (exact) mass is 948 g/mol. The third-order valence-corrected chi connectivity index (χ3v) is 17.5. The number of aliphatic hydroxyl groups is 13. The lowest BCUT2D eigenvalue weighted by Crippen LogP contribution is -2.67. The highest BCUT2D eigenvalue weighted by atomic mass is 16.8. The van der Waals surface area contributed by atoms with Crippen molar-refractivity contribution < 1.29 is 104 Å². The normalized spacial score (nSPS) is 55.2. The summed E-state index contributed by atoms with van der Waals surface area (Å²) in [6, 6.07) is 0. The van der Waals surface area contributed by atoms with Crippen molar-refractivity contribution in [3.63, 3.8) is 0 Å². The average molecular weight is 949 g/mol. The SMILES string of the molecule is C=C1C[C@@]23CC[C@H]4[C@@](C)(CCC[C@@]4(C)C(=O)O[C@@H]4O[C@H](CO)[C@@H](O)[C@H](O)[C@H]4O)[C@@H]2CC[C@]1(O[C@@H]1O[C@H](CO)[C@@H](O)[C@H](O[C@@H]2O[C@H](CO)[C@@H](O)[C@H](O)[C@H]2O)[C@H]1O[C@@H]1C[C@@H](C)[C@H](O)[C@@H](O)[C@H]1O)C3. The van der Waals surface area contributed by atoms with E-state index in [1.165, 1.54) is 0 Å². The van der Waals surface area contributed by atoms with Gasteiger partial charge in [0.25, 0.3) is 0 Å². The van der Waals surface area contributed by atoms with Gasteiger partial charge in [-0.25, -0.2) is 0 Å². The van der Waals surface area contributed by atoms with E-state index in [2.05, 4.69) is 13.5 Å². The molecule has 0 aromatic rings. The highest BCUT2D eigenvalue weighted by molar-refractivity contribution is 5.77. The molecule has 3 aliphatic heterocycles. The number of aliphatic hydroxyl groups excluding tert-OH is 13. The maximum absolute atomic E-state index is 14.3. The van der Waals surface area contributed by atoms with Gasteiger partial charge < -0.3 is 99.5 Å². The van der Waals surface area contributed by atoms with Gasteiger partial charge in [-0.2, -0.15) is 0 Å². The fourth-order valence-corrected chi connectivity index (χ4v) is 13.9. The summed E-state index contributed by atoms with van der Waals surface area (Å²) < 4.78 is 43.1. The quantitative estimate of drug-likeness (QED) is 0.0545. The summed E-state index contributed by atoms with van der Waals surface area (Å²) in [5, 5.41) is 138. The molecule has 0 aromatic heterocycles. The Morgan fingerprint density at radius 1 is 0.636 bits per heavy atom. The Balaban J connectivity index is 1.06. The molecule has 21 heteroatoms. The van der Waals surface area contributed by atoms with Crippen LogP contribution in [0, 0.1) is 34.0 Å². The van der Waals surface area contributed by atoms with Gasteiger partial charge in [0, 0.05) is 0 Å². The van der Waals surface area contributed by atoms with Gasteiger partial charge in [0.1, 0.15) is 85.5 Å². The largest absolute Gasteiger partial charge is 0.432 e. The van der Waals surface area contributed by atoms with Crippen LogP contribution in [-0.4, -0.2) is 214 Å². The molecule has 0 unspecified atom stereocenters. The Morgan fingerprint density at radius 3 is 1.83 bits per heavy atom. The summed E-state index contributed by atoms with van der Waals surface area (Å²) >= 11 is 0. The van der Waals surface area contributed by atoms with E-state index in [0.717, 1.165) is 12.0 Å². The minimum Gasteiger partial charge on any atom is -0.432 e. The molecule has 13 N–H and O–H groups in total. The molecule has 8 rings (SSSR count). The summed E-state index contributed by atoms with van der Waals surface area (Å²) in [5.74, 6) is -1.27. The van der Waals surface area contributed by atoms with Gasteiger partial charge >= 0.3 is 5.97 Å². The topological polar surface area (TPSA) is 345 Å². The molecule has 8 aliphatic rings. The first-order chi connectivity index (χ1) is 31.1. The lowest BCUT2D eigenvalue weighted by atomic mass is 9.41. The summed E-state index contributed by atoms with van der Waals surface area (Å²) in [5.41, 5.74) is -2.06. The number of rotatable bonds is 11. The van der Waals surface area contributed by atoms with Crippen molar-refractivity contribution in [2.75, 3.05) is 19.8 Å². The summed E-state index contributed by atoms with van der Waals surface area (Å²) in [6.45, 7) is 8.10. The van der Waals surface area contributed by atoms with Crippen LogP contribution in [0.2, 0.25) is 0 Å². The zero-order valence-electron chi connectivity index (χ0n) is 37.7. The third kappa shape index (κ3) is 8.31. The van der Waals surface area contributed by atoms with E-state index in [0.29, 0.717) is 51.4 Å². The summed E-state index contributed by atoms with van der Waals surface area (Å²) in [6.07, 6.45) is -24.4. The standard InChI is InChI=1S/C45H72O21/c1-18-12-20(27(50)31(54)26(18)49)60-37-36(64-38-34(57)32(55)28(51)21(14-46)61-38)30(53)23(16-48)63-40(37)66-45-11-7-25-42(3)8-5-9-43(4,24(42)6-10-44(25,17-45)13-19(45)2)41(59)65-39-35(58)33(56)29(52)22(15-47)62-39/h18,20-40,46-58H,2,5-17H2,1,3-4H3/t18-,20-,21-,22-,23-,24+,25+,26+,27+,28-,29-,30-,31-,32+,33+,34-,35-,36+,37-,38+,39+,40+,42-,43-,44-,45+/m1/s1. The van der Waals surface area contributed by atoms with E-state index in [4.69, 9.17) is 33.2 Å². The van der Waals surface area contributed by atoms with Crippen LogP contribution in [0.5, 0.6) is 0 Å². The van der Waals surface area contributed by atoms with Crippen LogP contribution in [-0.2, 0) is 38.0 Å². The first-order valence-corrected chi connectivity index (χ1v) is 23.6. The van der Waals surface area contributed by atoms with Crippen LogP contribution >= 0.6 is 0 Å². The van der Waals surface area contributed by atoms with E-state index < -0.39 is 159 Å². The summed E-state index contributed by atoms with van der Waals surface area (Å²) in [4.78, 5) is 14.3. The van der Waals surface area contributed by atoms with Gasteiger partial charge in [0.15, 0.2) is 12.6 Å². The number of carbonyl (C=O) groups excluding carboxylic acids is 1. The Bertz CT molecular complexity index is 1740. The average Bonchev–Trinajstić information content (AvgIpc) is 3.48. The van der Waals surface area contributed by atoms with Crippen molar-refractivity contribution in [1.82, 2.24) is 0 Å². The van der Waals surface area contributed by atoms with E-state index >= 15 is 0 Å². The molecule has 378 valence electrons. The molecular formula is C45H72O21. The molecule has 3 saturated heterocycles. The molecule has 21 nitrogen and oxygen atoms in total. The number of ether oxygens (including phenoxy) is 7. The minimum absolute atomic E-state index is 0.0340. The fraction of sp³-hybridized carbons (Fsp3) is 0.933. The Morgan fingerprint density at radius 2 is 1.20 bits per heavy atom. The van der Waals surface area contributed by atoms with Crippen molar-refractivity contribution in [2.45, 2.75) is 207 Å². The molecular weight excluding hydrogens is 876 g/mol. The molecule has 66 heavy (non-hydrogen) atoms. The molecule has 2 bridgehead atoms. The number of hydrogen-bond donors (Lipinski definition) is 13. The van der Waals surface area contributed by atoms with Crippen molar-refractivity contribution in [1.29, 1.82) is 0 Å². The van der Waals surface area contributed by atoms with E-state index in [9.17, 15) is 71.2 Å². The lowest BCUT2D eigenvalue weighted by molar-refractivity contribution is -0.381. The number of esters is 1. The fourth-order valence-electron chi connectivity index (χ4n) is 13.9. The first kappa shape index (κ1) is 50.8. The minimum atomic E-state index is -1.89. The molecule has 5 aliphatic carbocycles. The van der Waals surface area contributed by atoms with Crippen LogP contribution in [0.4, 0.5) is 0 Å². The molecule has 26 atom stereocenters. The maximum Gasteiger partial charge on any atom is 0.314 e. The Labute approximate surface area is 382 Å². The second-order valence-electron chi connectivity index (χ2n) is 21.3. The third-order valence-electron chi connectivity index (χ3n) is 17.5. The molecule has 3 heterocycles. The van der Waals surface area contributed by atoms with Gasteiger partial charge in [0.05, 0.1) is 43.0 Å². The van der Waals surface area contributed by atoms with Gasteiger partial charge in [-0.05, 0) is 98.9 Å². The van der Waals surface area contributed by atoms with E-state index in [-0.39, 0.29) is 29.1 Å². The lowest BCUT2D eigenvalue weighted by Gasteiger charge is -2.64. The molecule has 1 spiro atoms. The zero-order valence-corrected chi connectivity index (χ0v) is 37.7. The first-order valence-electron chi connectivity index (χ1n) is 23.6. The summed E-state index contributed by atoms with van der Waals surface area (Å²) in [7, 11) is 0. The maximum atomic E-state index is 14.3. The van der Waals surface area contributed by atoms with Gasteiger partial charge in [-0.3, -0.25) is 4.79 Å². The predicted molar refractivity (Wildman–Crippen MR) is 221 cm³/mol. The van der Waals surface area contributed by atoms with Crippen LogP contribution in [0.1, 0.15) is 85.0 Å². The van der Waals surface area contributed by atoms with E-state index in [1.54, 1.807) is 6.92 Å². The van der Waals surface area contributed by atoms with Gasteiger partial charge in [-0.15, -0.1) is 0 Å². The van der Waals surface area contributed by atoms with Gasteiger partial charge in [0.2, 0.25) is 6.29 Å². The molecule has 0 radical (unpaired) electrons. The smallest absolute Gasteiger partial charge is 0.314 e. The van der Waals surface area contributed by atoms with Crippen molar-refractivity contribution in [3.05, 3.63) is 12.2 Å². The van der Waals surface area contributed by atoms with Crippen LogP contribution < -0.4 is 0 Å². The predicted octanol–water partition coefficient (Wildman–Crippen LogP) is -3.42. The van der Waals surface area contributed by atoms with Gasteiger partial charge in [-0.1, -0.05) is 26.8 Å².